The third-order valence-electron chi connectivity index (χ3n) is 2.32. The Morgan fingerprint density at radius 3 is 2.59 bits per heavy atom. The molecule has 0 unspecified atom stereocenters. The minimum absolute atomic E-state index is 0.0933. The molecule has 0 radical (unpaired) electrons. The number of ketones is 1. The zero-order valence-corrected chi connectivity index (χ0v) is 8.97. The molecule has 17 heavy (non-hydrogen) atoms. The summed E-state index contributed by atoms with van der Waals surface area (Å²) in [5.74, 6) is 0.284. The Balaban J connectivity index is 2.44. The Morgan fingerprint density at radius 2 is 2.00 bits per heavy atom. The topological polar surface area (TPSA) is 30.2 Å². The van der Waals surface area contributed by atoms with Crippen LogP contribution in [0.3, 0.4) is 0 Å². The zero-order valence-electron chi connectivity index (χ0n) is 8.97. The monoisotopic (exact) mass is 242 g/mol. The maximum absolute atomic E-state index is 12.4. The SMILES string of the molecule is CC(=O)Cc1cc2ccc(C(F)(F)F)cc2o1. The highest BCUT2D eigenvalue weighted by atomic mass is 19.4. The number of furan rings is 1. The van der Waals surface area contributed by atoms with Gasteiger partial charge >= 0.3 is 6.18 Å². The first-order chi connectivity index (χ1) is 7.86. The normalized spacial score (nSPS) is 12.0. The van der Waals surface area contributed by atoms with Crippen LogP contribution in [0.1, 0.15) is 18.2 Å². The van der Waals surface area contributed by atoms with Crippen LogP contribution < -0.4 is 0 Å². The molecule has 0 saturated heterocycles. The van der Waals surface area contributed by atoms with E-state index in [1.165, 1.54) is 13.0 Å². The van der Waals surface area contributed by atoms with Crippen LogP contribution in [-0.2, 0) is 17.4 Å². The van der Waals surface area contributed by atoms with Crippen LogP contribution in [0.15, 0.2) is 28.7 Å². The van der Waals surface area contributed by atoms with Crippen molar-refractivity contribution in [1.29, 1.82) is 0 Å². The summed E-state index contributed by atoms with van der Waals surface area (Å²) in [5.41, 5.74) is -0.607. The molecule has 0 fully saturated rings. The largest absolute Gasteiger partial charge is 0.461 e. The molecule has 1 aromatic carbocycles. The number of halogens is 3. The molecule has 0 saturated carbocycles. The second kappa shape index (κ2) is 3.91. The summed E-state index contributed by atoms with van der Waals surface area (Å²) in [6.45, 7) is 1.40. The van der Waals surface area contributed by atoms with Crippen LogP contribution in [0.4, 0.5) is 13.2 Å². The second-order valence-electron chi connectivity index (χ2n) is 3.84. The first-order valence-electron chi connectivity index (χ1n) is 4.95. The lowest BCUT2D eigenvalue weighted by Gasteiger charge is -2.04. The molecule has 2 rings (SSSR count). The van der Waals surface area contributed by atoms with Crippen molar-refractivity contribution in [3.05, 3.63) is 35.6 Å². The number of Topliss-reactive ketones (excluding diaryl/α,β-unsaturated/α-hetero) is 1. The van der Waals surface area contributed by atoms with Crippen LogP contribution in [0.2, 0.25) is 0 Å². The summed E-state index contributed by atoms with van der Waals surface area (Å²) in [5, 5.41) is 0.564. The zero-order chi connectivity index (χ0) is 12.6. The van der Waals surface area contributed by atoms with Gasteiger partial charge in [0.1, 0.15) is 17.1 Å². The number of fused-ring (bicyclic) bond motifs is 1. The van der Waals surface area contributed by atoms with Gasteiger partial charge in [0.05, 0.1) is 12.0 Å². The predicted molar refractivity (Wildman–Crippen MR) is 55.6 cm³/mol. The second-order valence-corrected chi connectivity index (χ2v) is 3.84. The smallest absolute Gasteiger partial charge is 0.416 e. The van der Waals surface area contributed by atoms with Gasteiger partial charge in [-0.1, -0.05) is 6.07 Å². The van der Waals surface area contributed by atoms with Crippen molar-refractivity contribution >= 4 is 16.8 Å². The molecule has 5 heteroatoms. The number of rotatable bonds is 2. The van der Waals surface area contributed by atoms with Gasteiger partial charge in [-0.2, -0.15) is 13.2 Å². The van der Waals surface area contributed by atoms with E-state index in [0.29, 0.717) is 11.1 Å². The average Bonchev–Trinajstić information content (AvgIpc) is 2.55. The van der Waals surface area contributed by atoms with Crippen LogP contribution in [0, 0.1) is 0 Å². The van der Waals surface area contributed by atoms with Crippen LogP contribution in [0.25, 0.3) is 11.0 Å². The van der Waals surface area contributed by atoms with Crippen LogP contribution in [-0.4, -0.2) is 5.78 Å². The third-order valence-corrected chi connectivity index (χ3v) is 2.32. The summed E-state index contributed by atoms with van der Waals surface area (Å²) in [4.78, 5) is 10.9. The van der Waals surface area contributed by atoms with Gasteiger partial charge in [-0.25, -0.2) is 0 Å². The molecule has 1 heterocycles. The maximum atomic E-state index is 12.4. The molecule has 2 aromatic rings. The van der Waals surface area contributed by atoms with Gasteiger partial charge in [-0.05, 0) is 25.1 Å². The van der Waals surface area contributed by atoms with Crippen LogP contribution >= 0.6 is 0 Å². The van der Waals surface area contributed by atoms with E-state index in [1.807, 2.05) is 0 Å². The number of hydrogen-bond donors (Lipinski definition) is 0. The number of benzene rings is 1. The Hall–Kier alpha value is -1.78. The van der Waals surface area contributed by atoms with Crippen molar-refractivity contribution in [2.24, 2.45) is 0 Å². The van der Waals surface area contributed by atoms with Crippen molar-refractivity contribution < 1.29 is 22.4 Å². The summed E-state index contributed by atoms with van der Waals surface area (Å²) >= 11 is 0. The molecule has 0 spiro atoms. The van der Waals surface area contributed by atoms with E-state index in [4.69, 9.17) is 4.42 Å². The van der Waals surface area contributed by atoms with Crippen molar-refractivity contribution in [3.63, 3.8) is 0 Å². The van der Waals surface area contributed by atoms with Gasteiger partial charge in [0, 0.05) is 5.39 Å². The molecule has 1 aromatic heterocycles. The Kier molecular flexibility index (Phi) is 2.69. The highest BCUT2D eigenvalue weighted by molar-refractivity contribution is 5.82. The summed E-state index contributed by atoms with van der Waals surface area (Å²) in [6, 6.07) is 4.86. The van der Waals surface area contributed by atoms with E-state index in [9.17, 15) is 18.0 Å². The van der Waals surface area contributed by atoms with Gasteiger partial charge in [0.15, 0.2) is 0 Å². The van der Waals surface area contributed by atoms with E-state index in [1.54, 1.807) is 6.07 Å². The number of carbonyl (C=O) groups excluding carboxylic acids is 1. The molecular weight excluding hydrogens is 233 g/mol. The van der Waals surface area contributed by atoms with Crippen molar-refractivity contribution in [2.75, 3.05) is 0 Å². The average molecular weight is 242 g/mol. The first-order valence-corrected chi connectivity index (χ1v) is 4.95. The first kappa shape index (κ1) is 11.7. The molecule has 0 bridgehead atoms. The minimum atomic E-state index is -4.39. The fourth-order valence-electron chi connectivity index (χ4n) is 1.59. The molecule has 2 nitrogen and oxygen atoms in total. The van der Waals surface area contributed by atoms with Gasteiger partial charge in [-0.3, -0.25) is 4.79 Å². The Morgan fingerprint density at radius 1 is 1.29 bits per heavy atom. The van der Waals surface area contributed by atoms with Crippen LogP contribution in [0.5, 0.6) is 0 Å². The van der Waals surface area contributed by atoms with E-state index >= 15 is 0 Å². The number of hydrogen-bond acceptors (Lipinski definition) is 2. The molecule has 0 aliphatic carbocycles. The molecule has 0 amide bonds. The lowest BCUT2D eigenvalue weighted by molar-refractivity contribution is -0.137. The van der Waals surface area contributed by atoms with E-state index in [-0.39, 0.29) is 17.8 Å². The molecule has 0 atom stereocenters. The van der Waals surface area contributed by atoms with Gasteiger partial charge in [0.25, 0.3) is 0 Å². The quantitative estimate of drug-likeness (QED) is 0.805. The predicted octanol–water partition coefficient (Wildman–Crippen LogP) is 3.58. The van der Waals surface area contributed by atoms with Crippen molar-refractivity contribution in [1.82, 2.24) is 0 Å². The molecule has 0 N–H and O–H groups in total. The van der Waals surface area contributed by atoms with E-state index in [2.05, 4.69) is 0 Å². The summed E-state index contributed by atoms with van der Waals surface area (Å²) in [7, 11) is 0. The van der Waals surface area contributed by atoms with E-state index in [0.717, 1.165) is 12.1 Å². The number of alkyl halides is 3. The molecule has 0 aliphatic heterocycles. The fourth-order valence-corrected chi connectivity index (χ4v) is 1.59. The fraction of sp³-hybridized carbons (Fsp3) is 0.250. The standard InChI is InChI=1S/C12H9F3O2/c1-7(16)4-10-5-8-2-3-9(12(13,14)15)6-11(8)17-10/h2-3,5-6H,4H2,1H3. The Bertz CT molecular complexity index is 567. The summed E-state index contributed by atoms with van der Waals surface area (Å²) in [6.07, 6.45) is -4.29. The maximum Gasteiger partial charge on any atom is 0.416 e. The minimum Gasteiger partial charge on any atom is -0.461 e. The molecule has 90 valence electrons. The van der Waals surface area contributed by atoms with Gasteiger partial charge in [-0.15, -0.1) is 0 Å². The summed E-state index contributed by atoms with van der Waals surface area (Å²) < 4.78 is 42.5. The third kappa shape index (κ3) is 2.49. The number of carbonyl (C=O) groups is 1. The lowest BCUT2D eigenvalue weighted by Crippen LogP contribution is -2.03. The highest BCUT2D eigenvalue weighted by Crippen LogP contribution is 2.32. The van der Waals surface area contributed by atoms with Crippen molar-refractivity contribution in [2.45, 2.75) is 19.5 Å². The lowest BCUT2D eigenvalue weighted by atomic mass is 10.1. The highest BCUT2D eigenvalue weighted by Gasteiger charge is 2.30. The van der Waals surface area contributed by atoms with Gasteiger partial charge < -0.3 is 4.42 Å². The van der Waals surface area contributed by atoms with Crippen molar-refractivity contribution in [3.8, 4) is 0 Å². The van der Waals surface area contributed by atoms with E-state index < -0.39 is 11.7 Å². The molecular formula is C12H9F3O2. The molecule has 0 aliphatic rings. The Labute approximate surface area is 95.0 Å². The van der Waals surface area contributed by atoms with Gasteiger partial charge in [0.2, 0.25) is 0 Å².